The van der Waals surface area contributed by atoms with Crippen LogP contribution in [0.4, 0.5) is 0 Å². The summed E-state index contributed by atoms with van der Waals surface area (Å²) >= 11 is 0. The molecule has 1 fully saturated rings. The van der Waals surface area contributed by atoms with Crippen LogP contribution < -0.4 is 5.32 Å². The molecule has 86 valence electrons. The maximum atomic E-state index is 11.6. The Hall–Kier alpha value is -1.90. The van der Waals surface area contributed by atoms with Crippen LogP contribution in [0.1, 0.15) is 19.8 Å². The van der Waals surface area contributed by atoms with E-state index >= 15 is 0 Å². The highest BCUT2D eigenvalue weighted by Gasteiger charge is 2.33. The van der Waals surface area contributed by atoms with E-state index in [9.17, 15) is 14.4 Å². The van der Waals surface area contributed by atoms with Crippen LogP contribution in [0.15, 0.2) is 0 Å². The van der Waals surface area contributed by atoms with Crippen molar-refractivity contribution >= 4 is 17.7 Å². The van der Waals surface area contributed by atoms with Gasteiger partial charge >= 0.3 is 0 Å². The number of nitriles is 1. The third kappa shape index (κ3) is 2.37. The molecule has 0 aliphatic carbocycles. The largest absolute Gasteiger partial charge is 0.343 e. The minimum Gasteiger partial charge on any atom is -0.343 e. The molecule has 0 saturated carbocycles. The minimum atomic E-state index is -0.796. The molecule has 16 heavy (non-hydrogen) atoms. The molecule has 1 aliphatic heterocycles. The molecule has 0 bridgehead atoms. The first-order chi connectivity index (χ1) is 7.47. The Morgan fingerprint density at radius 3 is 2.81 bits per heavy atom. The molecule has 0 aromatic rings. The first-order valence-corrected chi connectivity index (χ1v) is 4.97. The van der Waals surface area contributed by atoms with Gasteiger partial charge in [0.15, 0.2) is 0 Å². The summed E-state index contributed by atoms with van der Waals surface area (Å²) in [6.45, 7) is 1.46. The molecule has 0 spiro atoms. The Morgan fingerprint density at radius 2 is 2.25 bits per heavy atom. The van der Waals surface area contributed by atoms with Crippen LogP contribution in [0.3, 0.4) is 0 Å². The average Bonchev–Trinajstić information content (AvgIpc) is 2.28. The zero-order valence-electron chi connectivity index (χ0n) is 9.19. The van der Waals surface area contributed by atoms with E-state index < -0.39 is 23.8 Å². The molecule has 2 atom stereocenters. The number of likely N-dealkylation sites (tertiary alicyclic amines) is 1. The summed E-state index contributed by atoms with van der Waals surface area (Å²) in [4.78, 5) is 35.1. The number of carbonyl (C=O) groups is 3. The Bertz CT molecular complexity index is 372. The average molecular weight is 223 g/mol. The number of nitrogens with zero attached hydrogens (tertiary/aromatic N) is 2. The van der Waals surface area contributed by atoms with Crippen LogP contribution >= 0.6 is 0 Å². The summed E-state index contributed by atoms with van der Waals surface area (Å²) in [5.74, 6) is -1.95. The Morgan fingerprint density at radius 1 is 1.62 bits per heavy atom. The number of carbonyl (C=O) groups excluding carboxylic acids is 3. The fourth-order valence-corrected chi connectivity index (χ4v) is 1.40. The molecule has 6 heteroatoms. The zero-order chi connectivity index (χ0) is 12.3. The van der Waals surface area contributed by atoms with E-state index in [1.54, 1.807) is 6.07 Å². The van der Waals surface area contributed by atoms with E-state index in [-0.39, 0.29) is 12.3 Å². The predicted octanol–water partition coefficient (Wildman–Crippen LogP) is -0.590. The van der Waals surface area contributed by atoms with Crippen molar-refractivity contribution in [2.24, 2.45) is 5.92 Å². The zero-order valence-corrected chi connectivity index (χ0v) is 9.19. The van der Waals surface area contributed by atoms with Crippen LogP contribution in [0.2, 0.25) is 0 Å². The van der Waals surface area contributed by atoms with Crippen LogP contribution in [0.25, 0.3) is 0 Å². The lowest BCUT2D eigenvalue weighted by molar-refractivity contribution is -0.149. The molecule has 1 rings (SSSR count). The van der Waals surface area contributed by atoms with Gasteiger partial charge in [0.05, 0.1) is 6.07 Å². The fraction of sp³-hybridized carbons (Fsp3) is 0.600. The monoisotopic (exact) mass is 223 g/mol. The number of nitrogens with one attached hydrogen (secondary N) is 1. The van der Waals surface area contributed by atoms with Gasteiger partial charge in [-0.25, -0.2) is 0 Å². The summed E-state index contributed by atoms with van der Waals surface area (Å²) in [5.41, 5.74) is 0. The quantitative estimate of drug-likeness (QED) is 0.633. The van der Waals surface area contributed by atoms with Crippen LogP contribution in [-0.4, -0.2) is 35.7 Å². The summed E-state index contributed by atoms with van der Waals surface area (Å²) in [5, 5.41) is 11.0. The molecule has 0 aromatic carbocycles. The van der Waals surface area contributed by atoms with Crippen molar-refractivity contribution in [2.45, 2.75) is 25.8 Å². The molecule has 3 amide bonds. The lowest BCUT2D eigenvalue weighted by Gasteiger charge is -2.28. The molecular weight excluding hydrogens is 210 g/mol. The molecule has 0 aromatic heterocycles. The standard InChI is InChI=1S/C10H13N3O3/c1-6(5-11)9(15)12-7-3-4-8(14)13(2)10(7)16/h6-7H,3-4H2,1-2H3,(H,12,15). The summed E-state index contributed by atoms with van der Waals surface area (Å²) < 4.78 is 0. The lowest BCUT2D eigenvalue weighted by atomic mass is 10.0. The van der Waals surface area contributed by atoms with Gasteiger partial charge in [-0.05, 0) is 13.3 Å². The molecule has 1 heterocycles. The highest BCUT2D eigenvalue weighted by molar-refractivity contribution is 6.01. The molecular formula is C10H13N3O3. The second-order valence-electron chi connectivity index (χ2n) is 3.74. The normalized spacial score (nSPS) is 22.6. The van der Waals surface area contributed by atoms with E-state index in [1.165, 1.54) is 14.0 Å². The second-order valence-corrected chi connectivity index (χ2v) is 3.74. The van der Waals surface area contributed by atoms with Crippen molar-refractivity contribution < 1.29 is 14.4 Å². The summed E-state index contributed by atoms with van der Waals surface area (Å²) in [6, 6.07) is 1.10. The molecule has 0 radical (unpaired) electrons. The van der Waals surface area contributed by atoms with E-state index in [0.29, 0.717) is 6.42 Å². The van der Waals surface area contributed by atoms with Gasteiger partial charge in [0.25, 0.3) is 5.91 Å². The minimum absolute atomic E-state index is 0.230. The van der Waals surface area contributed by atoms with Crippen LogP contribution in [0, 0.1) is 17.2 Å². The van der Waals surface area contributed by atoms with Crippen molar-refractivity contribution in [2.75, 3.05) is 7.05 Å². The lowest BCUT2D eigenvalue weighted by Crippen LogP contribution is -2.53. The third-order valence-corrected chi connectivity index (χ3v) is 2.55. The third-order valence-electron chi connectivity index (χ3n) is 2.55. The van der Waals surface area contributed by atoms with Gasteiger partial charge in [-0.15, -0.1) is 0 Å². The number of rotatable bonds is 2. The SMILES string of the molecule is CC(C#N)C(=O)NC1CCC(=O)N(C)C1=O. The summed E-state index contributed by atoms with van der Waals surface area (Å²) in [6.07, 6.45) is 0.528. The van der Waals surface area contributed by atoms with Gasteiger partial charge in [-0.1, -0.05) is 0 Å². The highest BCUT2D eigenvalue weighted by atomic mass is 16.2. The molecule has 1 saturated heterocycles. The Balaban J connectivity index is 2.63. The maximum absolute atomic E-state index is 11.6. The fourth-order valence-electron chi connectivity index (χ4n) is 1.40. The number of hydrogen-bond donors (Lipinski definition) is 1. The van der Waals surface area contributed by atoms with Gasteiger partial charge < -0.3 is 5.32 Å². The van der Waals surface area contributed by atoms with Crippen molar-refractivity contribution in [1.29, 1.82) is 5.26 Å². The smallest absolute Gasteiger partial charge is 0.251 e. The van der Waals surface area contributed by atoms with E-state index in [2.05, 4.69) is 5.32 Å². The first-order valence-electron chi connectivity index (χ1n) is 4.97. The number of amides is 3. The van der Waals surface area contributed by atoms with Gasteiger partial charge in [0.1, 0.15) is 12.0 Å². The van der Waals surface area contributed by atoms with Gasteiger partial charge in [0.2, 0.25) is 11.8 Å². The molecule has 1 aliphatic rings. The Labute approximate surface area is 93.2 Å². The van der Waals surface area contributed by atoms with Crippen LogP contribution in [-0.2, 0) is 14.4 Å². The molecule has 1 N–H and O–H groups in total. The van der Waals surface area contributed by atoms with Crippen LogP contribution in [0.5, 0.6) is 0 Å². The predicted molar refractivity (Wildman–Crippen MR) is 53.7 cm³/mol. The topological polar surface area (TPSA) is 90.3 Å². The van der Waals surface area contributed by atoms with E-state index in [1.807, 2.05) is 0 Å². The highest BCUT2D eigenvalue weighted by Crippen LogP contribution is 2.11. The molecule has 2 unspecified atom stereocenters. The van der Waals surface area contributed by atoms with Gasteiger partial charge in [-0.3, -0.25) is 19.3 Å². The van der Waals surface area contributed by atoms with Crippen molar-refractivity contribution in [3.63, 3.8) is 0 Å². The number of hydrogen-bond acceptors (Lipinski definition) is 4. The molecule has 6 nitrogen and oxygen atoms in total. The van der Waals surface area contributed by atoms with Crippen molar-refractivity contribution in [3.05, 3.63) is 0 Å². The number of piperidine rings is 1. The van der Waals surface area contributed by atoms with Crippen molar-refractivity contribution in [1.82, 2.24) is 10.2 Å². The summed E-state index contributed by atoms with van der Waals surface area (Å²) in [7, 11) is 1.39. The number of imide groups is 1. The van der Waals surface area contributed by atoms with Gasteiger partial charge in [-0.2, -0.15) is 5.26 Å². The first kappa shape index (κ1) is 12.2. The Kier molecular flexibility index (Phi) is 3.61. The van der Waals surface area contributed by atoms with Gasteiger partial charge in [0, 0.05) is 13.5 Å². The van der Waals surface area contributed by atoms with E-state index in [4.69, 9.17) is 5.26 Å². The second kappa shape index (κ2) is 4.75. The van der Waals surface area contributed by atoms with Crippen molar-refractivity contribution in [3.8, 4) is 6.07 Å². The van der Waals surface area contributed by atoms with E-state index in [0.717, 1.165) is 4.90 Å². The maximum Gasteiger partial charge on any atom is 0.251 e. The number of likely N-dealkylation sites (N-methyl/N-ethyl adjacent to an activating group) is 1.